The summed E-state index contributed by atoms with van der Waals surface area (Å²) >= 11 is 0. The second kappa shape index (κ2) is 7.73. The lowest BCUT2D eigenvalue weighted by atomic mass is 9.90. The van der Waals surface area contributed by atoms with E-state index < -0.39 is 17.8 Å². The van der Waals surface area contributed by atoms with Gasteiger partial charge in [-0.3, -0.25) is 4.79 Å². The molecule has 0 spiro atoms. The Morgan fingerprint density at radius 1 is 1.17 bits per heavy atom. The van der Waals surface area contributed by atoms with Crippen LogP contribution >= 0.6 is 12.4 Å². The summed E-state index contributed by atoms with van der Waals surface area (Å²) < 4.78 is 28.2. The monoisotopic (exact) mass is 355 g/mol. The Bertz CT molecular complexity index is 778. The fraction of sp³-hybridized carbons (Fsp3) is 0.278. The number of aryl methyl sites for hydroxylation is 2. The highest BCUT2D eigenvalue weighted by atomic mass is 35.5. The van der Waals surface area contributed by atoms with Gasteiger partial charge >= 0.3 is 5.97 Å². The molecule has 1 atom stereocenters. The van der Waals surface area contributed by atoms with Crippen LogP contribution in [0.1, 0.15) is 34.7 Å². The maximum absolute atomic E-state index is 14.3. The Morgan fingerprint density at radius 2 is 1.79 bits per heavy atom. The first-order chi connectivity index (χ1) is 10.7. The first-order valence-electron chi connectivity index (χ1n) is 7.25. The molecule has 0 radical (unpaired) electrons. The van der Waals surface area contributed by atoms with E-state index in [9.17, 15) is 13.6 Å². The predicted molar refractivity (Wildman–Crippen MR) is 92.4 cm³/mol. The van der Waals surface area contributed by atoms with E-state index in [1.54, 1.807) is 26.0 Å². The zero-order chi connectivity index (χ0) is 17.3. The van der Waals surface area contributed by atoms with Crippen LogP contribution in [-0.2, 0) is 4.79 Å². The Labute approximate surface area is 145 Å². The largest absolute Gasteiger partial charge is 0.481 e. The fourth-order valence-corrected chi connectivity index (χ4v) is 2.77. The lowest BCUT2D eigenvalue weighted by Crippen LogP contribution is -2.17. The summed E-state index contributed by atoms with van der Waals surface area (Å²) in [5, 5.41) is 8.86. The molecule has 3 N–H and O–H groups in total. The van der Waals surface area contributed by atoms with Crippen LogP contribution in [0.25, 0.3) is 11.1 Å². The van der Waals surface area contributed by atoms with Gasteiger partial charge in [-0.25, -0.2) is 8.78 Å². The predicted octanol–water partition coefficient (Wildman–Crippen LogP) is 4.45. The minimum Gasteiger partial charge on any atom is -0.481 e. The number of hydrogen-bond donors (Lipinski definition) is 2. The normalized spacial score (nSPS) is 11.8. The van der Waals surface area contributed by atoms with Gasteiger partial charge in [0.1, 0.15) is 11.6 Å². The molecule has 2 rings (SSSR count). The minimum absolute atomic E-state index is 0. The molecule has 0 amide bonds. The van der Waals surface area contributed by atoms with E-state index in [0.717, 1.165) is 5.56 Å². The molecule has 0 aliphatic rings. The number of benzene rings is 2. The third-order valence-electron chi connectivity index (χ3n) is 3.97. The molecule has 24 heavy (non-hydrogen) atoms. The van der Waals surface area contributed by atoms with Crippen LogP contribution in [0, 0.1) is 32.4 Å². The van der Waals surface area contributed by atoms with Gasteiger partial charge < -0.3 is 10.8 Å². The lowest BCUT2D eigenvalue weighted by Gasteiger charge is -2.17. The summed E-state index contributed by atoms with van der Waals surface area (Å²) in [5.41, 5.74) is 8.93. The molecule has 0 unspecified atom stereocenters. The van der Waals surface area contributed by atoms with Gasteiger partial charge in [-0.2, -0.15) is 0 Å². The molecule has 0 saturated carbocycles. The van der Waals surface area contributed by atoms with Crippen molar-refractivity contribution in [2.75, 3.05) is 0 Å². The van der Waals surface area contributed by atoms with E-state index in [4.69, 9.17) is 10.8 Å². The summed E-state index contributed by atoms with van der Waals surface area (Å²) in [4.78, 5) is 10.8. The van der Waals surface area contributed by atoms with Gasteiger partial charge in [-0.15, -0.1) is 12.4 Å². The van der Waals surface area contributed by atoms with Gasteiger partial charge in [0.15, 0.2) is 0 Å². The van der Waals surface area contributed by atoms with Crippen LogP contribution in [-0.4, -0.2) is 11.1 Å². The number of carbonyl (C=O) groups is 1. The summed E-state index contributed by atoms with van der Waals surface area (Å²) in [5.74, 6) is -1.96. The average molecular weight is 356 g/mol. The van der Waals surface area contributed by atoms with Crippen molar-refractivity contribution in [1.82, 2.24) is 0 Å². The molecule has 3 nitrogen and oxygen atoms in total. The van der Waals surface area contributed by atoms with Crippen LogP contribution in [0.2, 0.25) is 0 Å². The molecule has 0 bridgehead atoms. The molecular formula is C18H20ClF2NO2. The molecule has 0 aliphatic heterocycles. The van der Waals surface area contributed by atoms with Gasteiger partial charge in [-0.1, -0.05) is 6.07 Å². The Balaban J connectivity index is 0.00000288. The number of nitrogens with two attached hydrogens (primary N) is 1. The highest BCUT2D eigenvalue weighted by molar-refractivity contribution is 5.85. The maximum Gasteiger partial charge on any atom is 0.305 e. The quantitative estimate of drug-likeness (QED) is 0.851. The van der Waals surface area contributed by atoms with Gasteiger partial charge in [0.2, 0.25) is 0 Å². The van der Waals surface area contributed by atoms with Crippen molar-refractivity contribution < 1.29 is 18.7 Å². The number of aliphatic carboxylic acids is 1. The average Bonchev–Trinajstić information content (AvgIpc) is 2.46. The van der Waals surface area contributed by atoms with Crippen molar-refractivity contribution >= 4 is 18.4 Å². The van der Waals surface area contributed by atoms with Crippen molar-refractivity contribution in [2.45, 2.75) is 33.2 Å². The molecule has 0 saturated heterocycles. The second-order valence-electron chi connectivity index (χ2n) is 5.76. The van der Waals surface area contributed by atoms with Crippen molar-refractivity contribution in [2.24, 2.45) is 5.73 Å². The third kappa shape index (κ3) is 3.91. The first-order valence-corrected chi connectivity index (χ1v) is 7.25. The van der Waals surface area contributed by atoms with Crippen molar-refractivity contribution in [3.63, 3.8) is 0 Å². The molecule has 2 aromatic rings. The Morgan fingerprint density at radius 3 is 2.38 bits per heavy atom. The zero-order valence-electron chi connectivity index (χ0n) is 13.7. The number of carboxylic acid groups (broad SMARTS) is 1. The Hall–Kier alpha value is -1.98. The van der Waals surface area contributed by atoms with E-state index in [2.05, 4.69) is 0 Å². The van der Waals surface area contributed by atoms with E-state index in [-0.39, 0.29) is 30.2 Å². The summed E-state index contributed by atoms with van der Waals surface area (Å²) in [6.45, 7) is 5.09. The molecule has 6 heteroatoms. The van der Waals surface area contributed by atoms with Gasteiger partial charge in [0, 0.05) is 11.6 Å². The van der Waals surface area contributed by atoms with Gasteiger partial charge in [0.05, 0.1) is 6.42 Å². The van der Waals surface area contributed by atoms with Crippen molar-refractivity contribution in [3.05, 3.63) is 58.2 Å². The number of rotatable bonds is 4. The maximum atomic E-state index is 14.3. The van der Waals surface area contributed by atoms with Crippen LogP contribution in [0.5, 0.6) is 0 Å². The summed E-state index contributed by atoms with van der Waals surface area (Å²) in [6.07, 6.45) is -0.374. The minimum atomic E-state index is -1.10. The number of halogens is 3. The molecule has 0 heterocycles. The molecule has 0 aromatic heterocycles. The van der Waals surface area contributed by atoms with Crippen molar-refractivity contribution in [3.8, 4) is 11.1 Å². The first kappa shape index (κ1) is 20.1. The van der Waals surface area contributed by atoms with E-state index in [0.29, 0.717) is 22.3 Å². The highest BCUT2D eigenvalue weighted by Crippen LogP contribution is 2.33. The van der Waals surface area contributed by atoms with Crippen LogP contribution in [0.3, 0.4) is 0 Å². The highest BCUT2D eigenvalue weighted by Gasteiger charge is 2.19. The standard InChI is InChI=1S/C18H19F2NO2.ClH/c1-9-4-5-14(19)11(3)17(9)12-6-10(2)18(20)13(7-12)15(21)8-16(22)23;/h4-7,15H,8,21H2,1-3H3,(H,22,23);1H/t15-;/m0./s1. The van der Waals surface area contributed by atoms with Gasteiger partial charge in [0.25, 0.3) is 0 Å². The van der Waals surface area contributed by atoms with Crippen molar-refractivity contribution in [1.29, 1.82) is 0 Å². The molecule has 0 aliphatic carbocycles. The smallest absolute Gasteiger partial charge is 0.305 e. The zero-order valence-corrected chi connectivity index (χ0v) is 14.5. The van der Waals surface area contributed by atoms with Crippen LogP contribution < -0.4 is 5.73 Å². The SMILES string of the molecule is Cc1cc(-c2c(C)ccc(F)c2C)cc([C@@H](N)CC(=O)O)c1F.Cl. The molecular weight excluding hydrogens is 336 g/mol. The fourth-order valence-electron chi connectivity index (χ4n) is 2.77. The second-order valence-corrected chi connectivity index (χ2v) is 5.76. The lowest BCUT2D eigenvalue weighted by molar-refractivity contribution is -0.137. The summed E-state index contributed by atoms with van der Waals surface area (Å²) in [7, 11) is 0. The number of carboxylic acids is 1. The molecule has 0 fully saturated rings. The number of hydrogen-bond acceptors (Lipinski definition) is 2. The topological polar surface area (TPSA) is 63.3 Å². The van der Waals surface area contributed by atoms with Gasteiger partial charge in [-0.05, 0) is 66.8 Å². The third-order valence-corrected chi connectivity index (χ3v) is 3.97. The summed E-state index contributed by atoms with van der Waals surface area (Å²) in [6, 6.07) is 5.24. The van der Waals surface area contributed by atoms with E-state index in [1.165, 1.54) is 12.1 Å². The Kier molecular flexibility index (Phi) is 6.46. The van der Waals surface area contributed by atoms with E-state index >= 15 is 0 Å². The molecule has 2 aromatic carbocycles. The van der Waals surface area contributed by atoms with Crippen LogP contribution in [0.15, 0.2) is 24.3 Å². The molecule has 130 valence electrons. The van der Waals surface area contributed by atoms with Crippen LogP contribution in [0.4, 0.5) is 8.78 Å². The van der Waals surface area contributed by atoms with E-state index in [1.807, 2.05) is 6.92 Å².